The van der Waals surface area contributed by atoms with Gasteiger partial charge in [0.2, 0.25) is 5.91 Å². The molecule has 0 aromatic heterocycles. The van der Waals surface area contributed by atoms with Crippen LogP contribution in [-0.2, 0) is 14.3 Å². The van der Waals surface area contributed by atoms with Gasteiger partial charge >= 0.3 is 11.9 Å². The van der Waals surface area contributed by atoms with E-state index in [1.54, 1.807) is 12.1 Å². The van der Waals surface area contributed by atoms with Crippen LogP contribution in [0, 0.1) is 62.6 Å². The Balaban J connectivity index is 1.06. The Kier molecular flexibility index (Phi) is 10.8. The Bertz CT molecular complexity index is 1690. The molecule has 7 heteroatoms. The molecule has 6 aliphatic rings. The van der Waals surface area contributed by atoms with Gasteiger partial charge in [-0.3, -0.25) is 9.59 Å². The van der Waals surface area contributed by atoms with Crippen molar-refractivity contribution in [1.82, 2.24) is 10.2 Å². The summed E-state index contributed by atoms with van der Waals surface area (Å²) in [6.07, 6.45) is 15.6. The number of hydrogen-bond acceptors (Lipinski definition) is 5. The maximum absolute atomic E-state index is 13.2. The zero-order valence-corrected chi connectivity index (χ0v) is 35.1. The lowest BCUT2D eigenvalue weighted by Gasteiger charge is -2.72. The molecule has 7 nitrogen and oxygen atoms in total. The number of hydrogen-bond donors (Lipinski definition) is 2. The standard InChI is InChI=1S/C48H70N2O5/c1-9-55-43(54)34-20-28-50(29-21-34)40(51)19-27-49-30-48-24-16-35(31(2)3)41(48)37-14-15-39-45(6)22-17-36(32-10-12-33(13-11-32)42(52)53)44(4,5)38(45)18-23-47(39,8)46(37,7)25-26-48/h10-13,17,34-35,37-39,41,49H,2,9,14-16,18-30H2,1,3-8H3,(H,52,53)/t35-,37+,38-,39+,41+,45-,46+,47+,48+/m0/s1. The van der Waals surface area contributed by atoms with Crippen molar-refractivity contribution in [2.75, 3.05) is 32.8 Å². The van der Waals surface area contributed by atoms with Crippen LogP contribution in [0.2, 0.25) is 0 Å². The largest absolute Gasteiger partial charge is 0.478 e. The molecule has 5 aliphatic carbocycles. The molecule has 4 saturated carbocycles. The summed E-state index contributed by atoms with van der Waals surface area (Å²) in [5, 5.41) is 13.4. The highest BCUT2D eigenvalue weighted by Crippen LogP contribution is 2.77. The van der Waals surface area contributed by atoms with Gasteiger partial charge in [0.25, 0.3) is 0 Å². The molecule has 0 spiro atoms. The van der Waals surface area contributed by atoms with Gasteiger partial charge in [0, 0.05) is 32.6 Å². The van der Waals surface area contributed by atoms with Gasteiger partial charge < -0.3 is 20.1 Å². The van der Waals surface area contributed by atoms with Gasteiger partial charge in [-0.25, -0.2) is 4.79 Å². The molecular formula is C48H70N2O5. The molecule has 1 aromatic carbocycles. The number of piperidine rings is 1. The summed E-state index contributed by atoms with van der Waals surface area (Å²) in [7, 11) is 0. The van der Waals surface area contributed by atoms with E-state index in [1.165, 1.54) is 68.1 Å². The summed E-state index contributed by atoms with van der Waals surface area (Å²) >= 11 is 0. The fourth-order valence-corrected chi connectivity index (χ4v) is 14.8. The van der Waals surface area contributed by atoms with Crippen molar-refractivity contribution in [3.05, 3.63) is 53.6 Å². The van der Waals surface area contributed by atoms with Crippen molar-refractivity contribution in [2.24, 2.45) is 62.6 Å². The molecule has 1 amide bonds. The number of fused-ring (bicyclic) bond motifs is 7. The molecule has 55 heavy (non-hydrogen) atoms. The van der Waals surface area contributed by atoms with Crippen LogP contribution in [0.3, 0.4) is 0 Å². The number of aromatic carboxylic acids is 1. The zero-order chi connectivity index (χ0) is 39.6. The molecule has 1 saturated heterocycles. The summed E-state index contributed by atoms with van der Waals surface area (Å²) < 4.78 is 5.23. The molecular weight excluding hydrogens is 685 g/mol. The van der Waals surface area contributed by atoms with E-state index in [0.717, 1.165) is 13.0 Å². The smallest absolute Gasteiger partial charge is 0.335 e. The fraction of sp³-hybridized carbons (Fsp3) is 0.729. The Labute approximate surface area is 331 Å². The first-order valence-electron chi connectivity index (χ1n) is 21.9. The number of likely N-dealkylation sites (tertiary alicyclic amines) is 1. The van der Waals surface area contributed by atoms with Gasteiger partial charge in [-0.05, 0) is 164 Å². The maximum Gasteiger partial charge on any atom is 0.335 e. The minimum atomic E-state index is -0.872. The van der Waals surface area contributed by atoms with Gasteiger partial charge in [0.1, 0.15) is 0 Å². The van der Waals surface area contributed by atoms with Crippen molar-refractivity contribution in [1.29, 1.82) is 0 Å². The second-order valence-electron chi connectivity index (χ2n) is 20.3. The van der Waals surface area contributed by atoms with Crippen LogP contribution in [-0.4, -0.2) is 60.6 Å². The topological polar surface area (TPSA) is 95.9 Å². The molecule has 0 unspecified atom stereocenters. The first-order chi connectivity index (χ1) is 26.0. The lowest BCUT2D eigenvalue weighted by atomic mass is 9.32. The summed E-state index contributed by atoms with van der Waals surface area (Å²) in [5.41, 5.74) is 5.27. The number of carbonyl (C=O) groups excluding carboxylic acids is 2. The third-order valence-electron chi connectivity index (χ3n) is 17.7. The van der Waals surface area contributed by atoms with Crippen molar-refractivity contribution < 1.29 is 24.2 Å². The molecule has 1 aliphatic heterocycles. The summed E-state index contributed by atoms with van der Waals surface area (Å²) in [6.45, 7) is 25.1. The number of benzene rings is 1. The number of carboxylic acid groups (broad SMARTS) is 1. The number of esters is 1. The second kappa shape index (κ2) is 14.8. The third-order valence-corrected chi connectivity index (χ3v) is 17.7. The van der Waals surface area contributed by atoms with Crippen molar-refractivity contribution in [2.45, 2.75) is 126 Å². The normalized spacial score (nSPS) is 38.1. The van der Waals surface area contributed by atoms with E-state index in [4.69, 9.17) is 4.74 Å². The zero-order valence-electron chi connectivity index (χ0n) is 35.1. The highest BCUT2D eigenvalue weighted by atomic mass is 16.5. The molecule has 1 aromatic rings. The lowest BCUT2D eigenvalue weighted by molar-refractivity contribution is -0.225. The number of ether oxygens (including phenoxy) is 1. The SMILES string of the molecule is C=C(C)[C@@H]1CC[C@]2(CNCCC(=O)N3CCC(C(=O)OCC)CC3)CC[C@]3(C)[C@H](CC[C@@H]4[C@@]5(C)CC=C(c6ccc(C(=O)O)cc6)C(C)(C)[C@@H]5CC[C@]43C)[C@@H]12. The summed E-state index contributed by atoms with van der Waals surface area (Å²) in [4.78, 5) is 39.0. The average Bonchev–Trinajstić information content (AvgIpc) is 3.54. The highest BCUT2D eigenvalue weighted by Gasteiger charge is 2.70. The molecule has 7 rings (SSSR count). The van der Waals surface area contributed by atoms with Gasteiger partial charge in [0.15, 0.2) is 0 Å². The predicted octanol–water partition coefficient (Wildman–Crippen LogP) is 9.82. The number of carbonyl (C=O) groups is 3. The van der Waals surface area contributed by atoms with Gasteiger partial charge in [-0.2, -0.15) is 0 Å². The Hall–Kier alpha value is -2.93. The molecule has 5 fully saturated rings. The van der Waals surface area contributed by atoms with Crippen molar-refractivity contribution in [3.63, 3.8) is 0 Å². The number of allylic oxidation sites excluding steroid dienone is 3. The van der Waals surface area contributed by atoms with Crippen LogP contribution in [0.1, 0.15) is 141 Å². The summed E-state index contributed by atoms with van der Waals surface area (Å²) in [6, 6.07) is 7.58. The van der Waals surface area contributed by atoms with Crippen LogP contribution in [0.5, 0.6) is 0 Å². The monoisotopic (exact) mass is 755 g/mol. The quantitative estimate of drug-likeness (QED) is 0.140. The fourth-order valence-electron chi connectivity index (χ4n) is 14.8. The maximum atomic E-state index is 13.2. The number of nitrogens with zero attached hydrogens (tertiary/aromatic N) is 1. The van der Waals surface area contributed by atoms with Crippen LogP contribution < -0.4 is 5.32 Å². The second-order valence-corrected chi connectivity index (χ2v) is 20.3. The van der Waals surface area contributed by atoms with Crippen LogP contribution in [0.15, 0.2) is 42.5 Å². The van der Waals surface area contributed by atoms with Crippen LogP contribution in [0.25, 0.3) is 5.57 Å². The third kappa shape index (κ3) is 6.55. The Morgan fingerprint density at radius 3 is 2.25 bits per heavy atom. The van der Waals surface area contributed by atoms with Crippen LogP contribution >= 0.6 is 0 Å². The molecule has 302 valence electrons. The number of carboxylic acids is 1. The number of rotatable bonds is 10. The van der Waals surface area contributed by atoms with E-state index in [1.807, 2.05) is 24.0 Å². The van der Waals surface area contributed by atoms with E-state index in [2.05, 4.69) is 59.5 Å². The lowest BCUT2D eigenvalue weighted by Crippen LogP contribution is -2.65. The molecule has 9 atom stereocenters. The van der Waals surface area contributed by atoms with Gasteiger partial charge in [-0.1, -0.05) is 65.0 Å². The van der Waals surface area contributed by atoms with E-state index in [9.17, 15) is 19.5 Å². The first kappa shape index (κ1) is 40.3. The average molecular weight is 755 g/mol. The van der Waals surface area contributed by atoms with E-state index in [0.29, 0.717) is 80.7 Å². The predicted molar refractivity (Wildman–Crippen MR) is 219 cm³/mol. The molecule has 0 radical (unpaired) electrons. The van der Waals surface area contributed by atoms with Crippen molar-refractivity contribution >= 4 is 23.4 Å². The molecule has 2 N–H and O–H groups in total. The number of nitrogens with one attached hydrogen (secondary N) is 1. The van der Waals surface area contributed by atoms with E-state index >= 15 is 0 Å². The Morgan fingerprint density at radius 2 is 1.60 bits per heavy atom. The van der Waals surface area contributed by atoms with Gasteiger partial charge in [-0.15, -0.1) is 0 Å². The first-order valence-corrected chi connectivity index (χ1v) is 21.9. The highest BCUT2D eigenvalue weighted by molar-refractivity contribution is 5.88. The summed E-state index contributed by atoms with van der Waals surface area (Å²) in [5.74, 6) is 2.23. The van der Waals surface area contributed by atoms with E-state index in [-0.39, 0.29) is 44.9 Å². The van der Waals surface area contributed by atoms with Crippen molar-refractivity contribution in [3.8, 4) is 0 Å². The van der Waals surface area contributed by atoms with E-state index < -0.39 is 5.97 Å². The number of amides is 1. The molecule has 1 heterocycles. The van der Waals surface area contributed by atoms with Gasteiger partial charge in [0.05, 0.1) is 18.1 Å². The Morgan fingerprint density at radius 1 is 0.891 bits per heavy atom. The van der Waals surface area contributed by atoms with Crippen LogP contribution in [0.4, 0.5) is 0 Å². The molecule has 0 bridgehead atoms. The minimum Gasteiger partial charge on any atom is -0.478 e. The minimum absolute atomic E-state index is 0.00115.